The molecule has 0 saturated heterocycles. The molecule has 0 atom stereocenters. The van der Waals surface area contributed by atoms with E-state index in [9.17, 15) is 4.79 Å². The first kappa shape index (κ1) is 16.8. The number of rotatable bonds is 7. The zero-order valence-corrected chi connectivity index (χ0v) is 13.4. The van der Waals surface area contributed by atoms with Crippen molar-refractivity contribution in [2.45, 2.75) is 13.8 Å². The summed E-state index contributed by atoms with van der Waals surface area (Å²) in [4.78, 5) is 19.1. The smallest absolute Gasteiger partial charge is 0.225 e. The third kappa shape index (κ3) is 5.00. The Morgan fingerprint density at radius 2 is 2.17 bits per heavy atom. The average molecular weight is 309 g/mol. The zero-order valence-electron chi connectivity index (χ0n) is 13.4. The van der Waals surface area contributed by atoms with Crippen molar-refractivity contribution in [2.24, 2.45) is 11.1 Å². The number of carbonyl (C=O) groups excluding carboxylic acids is 1. The van der Waals surface area contributed by atoms with Crippen LogP contribution in [0.2, 0.25) is 0 Å². The Labute approximate surface area is 136 Å². The molecule has 1 radical (unpaired) electrons. The summed E-state index contributed by atoms with van der Waals surface area (Å²) in [6.45, 7) is 5.50. The fourth-order valence-electron chi connectivity index (χ4n) is 1.92. The molecular weight excluding hydrogens is 288 g/mol. The van der Waals surface area contributed by atoms with E-state index >= 15 is 0 Å². The number of allylic oxidation sites excluding steroid dienone is 1. The van der Waals surface area contributed by atoms with Crippen LogP contribution < -0.4 is 11.1 Å². The van der Waals surface area contributed by atoms with Crippen LogP contribution >= 0.6 is 0 Å². The van der Waals surface area contributed by atoms with Crippen LogP contribution in [0.3, 0.4) is 0 Å². The summed E-state index contributed by atoms with van der Waals surface area (Å²) in [5.41, 5.74) is 8.35. The van der Waals surface area contributed by atoms with Crippen LogP contribution in [0.4, 0.5) is 5.82 Å². The molecule has 5 heteroatoms. The van der Waals surface area contributed by atoms with E-state index in [-0.39, 0.29) is 5.41 Å². The second-order valence-corrected chi connectivity index (χ2v) is 6.09. The standard InChI is InChI=1S/C18H21N4O/c1-18(2,12-19)13-21-17-11-20-10-16(22-17)15-7-3-5-14(9-15)6-4-8-23/h3-7,9-11H,12-13,19H2,1-2H3,(H,21,22)/b6-4+. The van der Waals surface area contributed by atoms with Crippen LogP contribution in [-0.2, 0) is 4.79 Å². The lowest BCUT2D eigenvalue weighted by Crippen LogP contribution is -2.31. The van der Waals surface area contributed by atoms with E-state index in [2.05, 4.69) is 29.1 Å². The van der Waals surface area contributed by atoms with E-state index in [1.807, 2.05) is 24.3 Å². The van der Waals surface area contributed by atoms with E-state index in [1.165, 1.54) is 6.08 Å². The van der Waals surface area contributed by atoms with Crippen LogP contribution in [0.15, 0.2) is 42.7 Å². The van der Waals surface area contributed by atoms with Gasteiger partial charge in [0.1, 0.15) is 5.82 Å². The highest BCUT2D eigenvalue weighted by Gasteiger charge is 2.15. The van der Waals surface area contributed by atoms with E-state index in [0.717, 1.165) is 23.4 Å². The van der Waals surface area contributed by atoms with Crippen molar-refractivity contribution < 1.29 is 4.79 Å². The second kappa shape index (κ2) is 7.65. The van der Waals surface area contributed by atoms with Gasteiger partial charge in [0.05, 0.1) is 18.1 Å². The second-order valence-electron chi connectivity index (χ2n) is 6.09. The van der Waals surface area contributed by atoms with Gasteiger partial charge < -0.3 is 11.1 Å². The summed E-state index contributed by atoms with van der Waals surface area (Å²) in [6.07, 6.45) is 8.20. The van der Waals surface area contributed by atoms with Gasteiger partial charge in [-0.2, -0.15) is 0 Å². The molecule has 0 aliphatic rings. The Balaban J connectivity index is 2.19. The topological polar surface area (TPSA) is 80.9 Å². The van der Waals surface area contributed by atoms with Gasteiger partial charge >= 0.3 is 0 Å². The Kier molecular flexibility index (Phi) is 5.60. The van der Waals surface area contributed by atoms with Crippen molar-refractivity contribution in [1.29, 1.82) is 0 Å². The van der Waals surface area contributed by atoms with Gasteiger partial charge in [-0.3, -0.25) is 9.78 Å². The van der Waals surface area contributed by atoms with Gasteiger partial charge in [0.2, 0.25) is 6.29 Å². The van der Waals surface area contributed by atoms with Crippen LogP contribution in [0.5, 0.6) is 0 Å². The number of hydrogen-bond donors (Lipinski definition) is 2. The molecule has 0 amide bonds. The predicted molar refractivity (Wildman–Crippen MR) is 93.5 cm³/mol. The molecule has 23 heavy (non-hydrogen) atoms. The molecule has 3 N–H and O–H groups in total. The maximum Gasteiger partial charge on any atom is 0.225 e. The van der Waals surface area contributed by atoms with Gasteiger partial charge in [-0.1, -0.05) is 38.1 Å². The van der Waals surface area contributed by atoms with Crippen LogP contribution in [-0.4, -0.2) is 29.3 Å². The highest BCUT2D eigenvalue weighted by Crippen LogP contribution is 2.20. The largest absolute Gasteiger partial charge is 0.368 e. The zero-order chi connectivity index (χ0) is 16.7. The van der Waals surface area contributed by atoms with Crippen molar-refractivity contribution in [1.82, 2.24) is 9.97 Å². The third-order valence-corrected chi connectivity index (χ3v) is 3.46. The fourth-order valence-corrected chi connectivity index (χ4v) is 1.92. The SMILES string of the molecule is CC(C)(CN)CNc1cncc(-c2cccc(/C=C/[C]=O)c2)n1. The predicted octanol–water partition coefficient (Wildman–Crippen LogP) is 2.66. The number of benzene rings is 1. The molecular formula is C18H21N4O. The molecule has 0 aliphatic heterocycles. The lowest BCUT2D eigenvalue weighted by Gasteiger charge is -2.22. The molecule has 2 aromatic rings. The minimum absolute atomic E-state index is 0.00622. The molecule has 0 unspecified atom stereocenters. The lowest BCUT2D eigenvalue weighted by atomic mass is 9.94. The number of nitrogens with zero attached hydrogens (tertiary/aromatic N) is 2. The van der Waals surface area contributed by atoms with Gasteiger partial charge in [0.15, 0.2) is 0 Å². The Hall–Kier alpha value is -2.53. The van der Waals surface area contributed by atoms with Crippen LogP contribution in [0.1, 0.15) is 19.4 Å². The lowest BCUT2D eigenvalue weighted by molar-refractivity contribution is 0.405. The first-order valence-electron chi connectivity index (χ1n) is 7.45. The summed E-state index contributed by atoms with van der Waals surface area (Å²) in [7, 11) is 0. The number of aromatic nitrogens is 2. The van der Waals surface area contributed by atoms with Gasteiger partial charge in [-0.15, -0.1) is 0 Å². The minimum atomic E-state index is -0.00622. The fraction of sp³-hybridized carbons (Fsp3) is 0.278. The highest BCUT2D eigenvalue weighted by atomic mass is 16.1. The molecule has 1 aromatic heterocycles. The van der Waals surface area contributed by atoms with Crippen molar-refractivity contribution in [3.63, 3.8) is 0 Å². The van der Waals surface area contributed by atoms with Crippen LogP contribution in [0, 0.1) is 5.41 Å². The van der Waals surface area contributed by atoms with Crippen molar-refractivity contribution in [3.05, 3.63) is 48.3 Å². The summed E-state index contributed by atoms with van der Waals surface area (Å²) in [5.74, 6) is 0.714. The number of hydrogen-bond acceptors (Lipinski definition) is 5. The summed E-state index contributed by atoms with van der Waals surface area (Å²) in [6, 6.07) is 7.74. The molecule has 0 saturated carbocycles. The summed E-state index contributed by atoms with van der Waals surface area (Å²) < 4.78 is 0. The quantitative estimate of drug-likeness (QED) is 0.769. The van der Waals surface area contributed by atoms with Crippen LogP contribution in [0.25, 0.3) is 17.3 Å². The van der Waals surface area contributed by atoms with E-state index in [1.54, 1.807) is 24.8 Å². The maximum atomic E-state index is 10.3. The van der Waals surface area contributed by atoms with E-state index < -0.39 is 0 Å². The number of nitrogens with two attached hydrogens (primary N) is 1. The minimum Gasteiger partial charge on any atom is -0.368 e. The monoisotopic (exact) mass is 309 g/mol. The van der Waals surface area contributed by atoms with Gasteiger partial charge in [-0.25, -0.2) is 4.98 Å². The molecule has 0 bridgehead atoms. The van der Waals surface area contributed by atoms with E-state index in [4.69, 9.17) is 5.73 Å². The van der Waals surface area contributed by atoms with Gasteiger partial charge in [0, 0.05) is 12.1 Å². The molecule has 119 valence electrons. The first-order chi connectivity index (χ1) is 11.0. The molecule has 1 aromatic carbocycles. The normalized spacial score (nSPS) is 11.6. The number of anilines is 1. The third-order valence-electron chi connectivity index (χ3n) is 3.46. The molecule has 1 heterocycles. The maximum absolute atomic E-state index is 10.3. The molecule has 5 nitrogen and oxygen atoms in total. The molecule has 0 fully saturated rings. The average Bonchev–Trinajstić information content (AvgIpc) is 2.59. The molecule has 0 spiro atoms. The Morgan fingerprint density at radius 3 is 2.91 bits per heavy atom. The van der Waals surface area contributed by atoms with Gasteiger partial charge in [0.25, 0.3) is 0 Å². The van der Waals surface area contributed by atoms with Gasteiger partial charge in [-0.05, 0) is 29.7 Å². The van der Waals surface area contributed by atoms with Crippen molar-refractivity contribution in [3.8, 4) is 11.3 Å². The number of nitrogens with one attached hydrogen (secondary N) is 1. The van der Waals surface area contributed by atoms with Crippen molar-refractivity contribution >= 4 is 18.2 Å². The van der Waals surface area contributed by atoms with Crippen molar-refractivity contribution in [2.75, 3.05) is 18.4 Å². The Morgan fingerprint density at radius 1 is 1.35 bits per heavy atom. The highest BCUT2D eigenvalue weighted by molar-refractivity contribution is 5.75. The molecule has 0 aliphatic carbocycles. The first-order valence-corrected chi connectivity index (χ1v) is 7.45. The summed E-state index contributed by atoms with van der Waals surface area (Å²) >= 11 is 0. The Bertz CT molecular complexity index is 695. The molecule has 2 rings (SSSR count). The summed E-state index contributed by atoms with van der Waals surface area (Å²) in [5, 5.41) is 3.28. The van der Waals surface area contributed by atoms with E-state index in [0.29, 0.717) is 12.4 Å².